The molecule has 1 aromatic carbocycles. The summed E-state index contributed by atoms with van der Waals surface area (Å²) in [5, 5.41) is 14.2. The highest BCUT2D eigenvalue weighted by molar-refractivity contribution is 6.13. The average Bonchev–Trinajstić information content (AvgIpc) is 3.14. The summed E-state index contributed by atoms with van der Waals surface area (Å²) in [6, 6.07) is 7.18. The second-order valence-corrected chi connectivity index (χ2v) is 7.16. The van der Waals surface area contributed by atoms with Crippen molar-refractivity contribution >= 4 is 17.4 Å². The number of anilines is 1. The average molecular weight is 405 g/mol. The van der Waals surface area contributed by atoms with E-state index in [0.29, 0.717) is 34.8 Å². The fraction of sp³-hybridized carbons (Fsp3) is 0.182. The number of methoxy groups -OCH3 is 2. The van der Waals surface area contributed by atoms with E-state index in [1.807, 2.05) is 18.2 Å². The van der Waals surface area contributed by atoms with Crippen LogP contribution in [0.25, 0.3) is 0 Å². The Kier molecular flexibility index (Phi) is 4.12. The number of ether oxygens (including phenoxy) is 2. The molecule has 5 rings (SSSR count). The van der Waals surface area contributed by atoms with Crippen molar-refractivity contribution in [2.75, 3.05) is 19.1 Å². The Labute approximate surface area is 172 Å². The highest BCUT2D eigenvalue weighted by Crippen LogP contribution is 2.47. The normalized spacial score (nSPS) is 22.4. The molecule has 30 heavy (non-hydrogen) atoms. The molecule has 152 valence electrons. The van der Waals surface area contributed by atoms with Gasteiger partial charge in [0.2, 0.25) is 6.35 Å². The molecule has 0 radical (unpaired) electrons. The zero-order chi connectivity index (χ0) is 21.0. The molecule has 2 aliphatic carbocycles. The molecule has 2 N–H and O–H groups in total. The molecule has 8 nitrogen and oxygen atoms in total. The standard InChI is InChI=1S/C22H19N3O5/c1-29-15-8-6-14(7-9-15)24-19-13(10-12-4-3-5-17(26)18(12)19)11-16-20(24)21(27)23-22(30-2)25(16)28/h3-9,11,22,28H,10H2,1-2H3,(H,23,27). The number of nitrogens with one attached hydrogen (secondary N) is 1. The van der Waals surface area contributed by atoms with Crippen molar-refractivity contribution < 1.29 is 24.3 Å². The van der Waals surface area contributed by atoms with E-state index in [-0.39, 0.29) is 11.5 Å². The van der Waals surface area contributed by atoms with Crippen LogP contribution in [0.15, 0.2) is 82.4 Å². The van der Waals surface area contributed by atoms with Gasteiger partial charge >= 0.3 is 0 Å². The van der Waals surface area contributed by atoms with Gasteiger partial charge in [-0.2, -0.15) is 0 Å². The molecule has 2 heterocycles. The summed E-state index contributed by atoms with van der Waals surface area (Å²) < 4.78 is 10.4. The number of amides is 1. The number of carbonyl (C=O) groups is 2. The van der Waals surface area contributed by atoms with Gasteiger partial charge < -0.3 is 19.7 Å². The number of allylic oxidation sites excluding steroid dienone is 7. The van der Waals surface area contributed by atoms with Gasteiger partial charge in [-0.25, -0.2) is 5.06 Å². The monoisotopic (exact) mass is 405 g/mol. The number of fused-ring (bicyclic) bond motifs is 2. The van der Waals surface area contributed by atoms with E-state index >= 15 is 0 Å². The van der Waals surface area contributed by atoms with Gasteiger partial charge in [0.15, 0.2) is 5.78 Å². The molecule has 0 fully saturated rings. The first-order valence-corrected chi connectivity index (χ1v) is 9.41. The summed E-state index contributed by atoms with van der Waals surface area (Å²) in [6.45, 7) is 0. The Hall–Kier alpha value is -3.62. The van der Waals surface area contributed by atoms with Gasteiger partial charge in [0, 0.05) is 24.8 Å². The largest absolute Gasteiger partial charge is 0.497 e. The number of benzene rings is 1. The molecule has 1 aromatic rings. The van der Waals surface area contributed by atoms with Gasteiger partial charge in [-0.3, -0.25) is 14.8 Å². The van der Waals surface area contributed by atoms with Gasteiger partial charge in [-0.1, -0.05) is 12.2 Å². The summed E-state index contributed by atoms with van der Waals surface area (Å²) in [4.78, 5) is 27.5. The SMILES string of the molecule is COc1ccc(N2C3=C4C(=O)C=CC=C4CC3=CC3=C2C(=O)NC(OC)N3O)cc1. The number of carbonyl (C=O) groups excluding carboxylic acids is 2. The van der Waals surface area contributed by atoms with Gasteiger partial charge in [0.05, 0.1) is 18.5 Å². The molecule has 4 aliphatic rings. The van der Waals surface area contributed by atoms with Crippen LogP contribution < -0.4 is 15.0 Å². The van der Waals surface area contributed by atoms with Crippen LogP contribution in [0.5, 0.6) is 5.75 Å². The van der Waals surface area contributed by atoms with Crippen molar-refractivity contribution in [3.05, 3.63) is 82.4 Å². The van der Waals surface area contributed by atoms with Gasteiger partial charge in [-0.05, 0) is 47.6 Å². The first-order valence-electron chi connectivity index (χ1n) is 9.41. The fourth-order valence-electron chi connectivity index (χ4n) is 4.19. The lowest BCUT2D eigenvalue weighted by atomic mass is 9.98. The topological polar surface area (TPSA) is 91.3 Å². The molecule has 1 atom stereocenters. The van der Waals surface area contributed by atoms with Crippen molar-refractivity contribution in [3.63, 3.8) is 0 Å². The van der Waals surface area contributed by atoms with Crippen LogP contribution >= 0.6 is 0 Å². The number of hydrogen-bond donors (Lipinski definition) is 2. The Morgan fingerprint density at radius 1 is 1.10 bits per heavy atom. The van der Waals surface area contributed by atoms with Crippen LogP contribution in [0.3, 0.4) is 0 Å². The molecule has 8 heteroatoms. The van der Waals surface area contributed by atoms with Gasteiger partial charge in [-0.15, -0.1) is 0 Å². The maximum atomic E-state index is 13.1. The predicted molar refractivity (Wildman–Crippen MR) is 107 cm³/mol. The van der Waals surface area contributed by atoms with E-state index in [1.165, 1.54) is 13.2 Å². The fourth-order valence-corrected chi connectivity index (χ4v) is 4.19. The van der Waals surface area contributed by atoms with Crippen LogP contribution in [0.4, 0.5) is 5.69 Å². The summed E-state index contributed by atoms with van der Waals surface area (Å²) in [5.41, 5.74) is 4.13. The Morgan fingerprint density at radius 3 is 2.57 bits per heavy atom. The molecule has 0 aromatic heterocycles. The lowest BCUT2D eigenvalue weighted by molar-refractivity contribution is -0.199. The third-order valence-electron chi connectivity index (χ3n) is 5.53. The number of nitrogens with zero attached hydrogens (tertiary/aromatic N) is 2. The third kappa shape index (κ3) is 2.54. The highest BCUT2D eigenvalue weighted by Gasteiger charge is 2.44. The minimum Gasteiger partial charge on any atom is -0.497 e. The highest BCUT2D eigenvalue weighted by atomic mass is 16.6. The molecule has 0 bridgehead atoms. The number of hydrogen-bond acceptors (Lipinski definition) is 7. The molecule has 1 unspecified atom stereocenters. The second-order valence-electron chi connectivity index (χ2n) is 7.16. The van der Waals surface area contributed by atoms with Gasteiger partial charge in [0.1, 0.15) is 11.4 Å². The lowest BCUT2D eigenvalue weighted by Gasteiger charge is -2.41. The Morgan fingerprint density at radius 2 is 1.87 bits per heavy atom. The van der Waals surface area contributed by atoms with E-state index in [9.17, 15) is 14.8 Å². The summed E-state index contributed by atoms with van der Waals surface area (Å²) >= 11 is 0. The van der Waals surface area contributed by atoms with Crippen LogP contribution in [0.2, 0.25) is 0 Å². The summed E-state index contributed by atoms with van der Waals surface area (Å²) in [7, 11) is 2.97. The third-order valence-corrected chi connectivity index (χ3v) is 5.53. The molecule has 1 amide bonds. The Balaban J connectivity index is 1.76. The maximum absolute atomic E-state index is 13.1. The first kappa shape index (κ1) is 18.4. The number of hydroxylamine groups is 2. The second kappa shape index (κ2) is 6.72. The molecule has 0 spiro atoms. The van der Waals surface area contributed by atoms with E-state index in [0.717, 1.165) is 16.2 Å². The van der Waals surface area contributed by atoms with Crippen molar-refractivity contribution in [3.8, 4) is 5.75 Å². The van der Waals surface area contributed by atoms with Crippen LogP contribution in [0, 0.1) is 0 Å². The minimum atomic E-state index is -1.01. The molecule has 0 saturated heterocycles. The summed E-state index contributed by atoms with van der Waals surface area (Å²) in [5.74, 6) is 0.135. The summed E-state index contributed by atoms with van der Waals surface area (Å²) in [6.07, 6.45) is 6.42. The van der Waals surface area contributed by atoms with Crippen molar-refractivity contribution in [2.45, 2.75) is 12.8 Å². The zero-order valence-electron chi connectivity index (χ0n) is 16.4. The lowest BCUT2D eigenvalue weighted by Crippen LogP contribution is -2.55. The quantitative estimate of drug-likeness (QED) is 0.796. The molecule has 2 aliphatic heterocycles. The van der Waals surface area contributed by atoms with Gasteiger partial charge in [0.25, 0.3) is 5.91 Å². The molecule has 0 saturated carbocycles. The van der Waals surface area contributed by atoms with E-state index in [1.54, 1.807) is 36.3 Å². The predicted octanol–water partition coefficient (Wildman–Crippen LogP) is 2.13. The zero-order valence-corrected chi connectivity index (χ0v) is 16.4. The Bertz CT molecular complexity index is 1120. The molecular weight excluding hydrogens is 386 g/mol. The van der Waals surface area contributed by atoms with E-state index < -0.39 is 12.3 Å². The number of rotatable bonds is 3. The maximum Gasteiger partial charge on any atom is 0.274 e. The van der Waals surface area contributed by atoms with Crippen molar-refractivity contribution in [2.24, 2.45) is 0 Å². The van der Waals surface area contributed by atoms with Crippen LogP contribution in [-0.2, 0) is 14.3 Å². The van der Waals surface area contributed by atoms with E-state index in [2.05, 4.69) is 5.32 Å². The minimum absolute atomic E-state index is 0.111. The first-order chi connectivity index (χ1) is 14.5. The van der Waals surface area contributed by atoms with Crippen LogP contribution in [-0.4, -0.2) is 42.5 Å². The van der Waals surface area contributed by atoms with Crippen molar-refractivity contribution in [1.82, 2.24) is 10.4 Å². The van der Waals surface area contributed by atoms with E-state index in [4.69, 9.17) is 9.47 Å². The van der Waals surface area contributed by atoms with Crippen LogP contribution in [0.1, 0.15) is 6.42 Å². The smallest absolute Gasteiger partial charge is 0.274 e. The molecular formula is C22H19N3O5. The van der Waals surface area contributed by atoms with Crippen molar-refractivity contribution in [1.29, 1.82) is 0 Å². The number of ketones is 1.